The van der Waals surface area contributed by atoms with Gasteiger partial charge in [0.05, 0.1) is 5.56 Å². The maximum Gasteiger partial charge on any atom is 0.416 e. The van der Waals surface area contributed by atoms with E-state index in [0.29, 0.717) is 12.2 Å². The van der Waals surface area contributed by atoms with Crippen LogP contribution < -0.4 is 10.6 Å². The first-order valence-corrected chi connectivity index (χ1v) is 8.28. The minimum atomic E-state index is -4.48. The second-order valence-corrected chi connectivity index (χ2v) is 5.95. The fourth-order valence-corrected chi connectivity index (χ4v) is 2.51. The SMILES string of the molecule is O=C(Nc1ccc(NCc2ccccc2)cc1)c1cccc(C(F)(F)F)c1. The van der Waals surface area contributed by atoms with Crippen molar-refractivity contribution in [3.63, 3.8) is 0 Å². The molecule has 27 heavy (non-hydrogen) atoms. The number of halogens is 3. The molecule has 3 aromatic carbocycles. The van der Waals surface area contributed by atoms with Crippen LogP contribution in [0.2, 0.25) is 0 Å². The molecular weight excluding hydrogens is 353 g/mol. The van der Waals surface area contributed by atoms with Crippen LogP contribution in [-0.4, -0.2) is 5.91 Å². The van der Waals surface area contributed by atoms with Gasteiger partial charge >= 0.3 is 6.18 Å². The Morgan fingerprint density at radius 2 is 1.48 bits per heavy atom. The molecule has 0 aliphatic carbocycles. The van der Waals surface area contributed by atoms with Crippen molar-refractivity contribution in [2.24, 2.45) is 0 Å². The topological polar surface area (TPSA) is 41.1 Å². The predicted molar refractivity (Wildman–Crippen MR) is 99.6 cm³/mol. The summed E-state index contributed by atoms with van der Waals surface area (Å²) in [4.78, 5) is 12.2. The zero-order valence-corrected chi connectivity index (χ0v) is 14.3. The zero-order chi connectivity index (χ0) is 19.3. The van der Waals surface area contributed by atoms with Crippen molar-refractivity contribution in [1.82, 2.24) is 0 Å². The third-order valence-electron chi connectivity index (χ3n) is 3.93. The standard InChI is InChI=1S/C21H17F3N2O/c22-21(23,24)17-8-4-7-16(13-17)20(27)26-19-11-9-18(10-12-19)25-14-15-5-2-1-3-6-15/h1-13,25H,14H2,(H,26,27). The number of rotatable bonds is 5. The highest BCUT2D eigenvalue weighted by atomic mass is 19.4. The van der Waals surface area contributed by atoms with E-state index < -0.39 is 17.6 Å². The van der Waals surface area contributed by atoms with Gasteiger partial charge in [0, 0.05) is 23.5 Å². The molecule has 0 fully saturated rings. The molecule has 0 spiro atoms. The van der Waals surface area contributed by atoms with E-state index in [0.717, 1.165) is 23.4 Å². The highest BCUT2D eigenvalue weighted by Gasteiger charge is 2.30. The molecule has 0 saturated carbocycles. The molecule has 6 heteroatoms. The molecule has 0 unspecified atom stereocenters. The van der Waals surface area contributed by atoms with Gasteiger partial charge in [-0.25, -0.2) is 0 Å². The molecule has 3 rings (SSSR count). The molecule has 0 bridgehead atoms. The minimum absolute atomic E-state index is 0.0453. The largest absolute Gasteiger partial charge is 0.416 e. The van der Waals surface area contributed by atoms with Crippen molar-refractivity contribution in [2.75, 3.05) is 10.6 Å². The molecule has 2 N–H and O–H groups in total. The van der Waals surface area contributed by atoms with E-state index in [1.165, 1.54) is 12.1 Å². The molecule has 0 atom stereocenters. The lowest BCUT2D eigenvalue weighted by Crippen LogP contribution is -2.14. The van der Waals surface area contributed by atoms with E-state index >= 15 is 0 Å². The summed E-state index contributed by atoms with van der Waals surface area (Å²) in [5, 5.41) is 5.86. The van der Waals surface area contributed by atoms with Crippen LogP contribution in [0.1, 0.15) is 21.5 Å². The van der Waals surface area contributed by atoms with Crippen molar-refractivity contribution in [3.05, 3.63) is 95.6 Å². The average molecular weight is 370 g/mol. The lowest BCUT2D eigenvalue weighted by Gasteiger charge is -2.10. The summed E-state index contributed by atoms with van der Waals surface area (Å²) in [6, 6.07) is 21.2. The van der Waals surface area contributed by atoms with Crippen molar-refractivity contribution in [1.29, 1.82) is 0 Å². The molecule has 138 valence electrons. The molecule has 0 aliphatic heterocycles. The smallest absolute Gasteiger partial charge is 0.381 e. The Balaban J connectivity index is 1.62. The van der Waals surface area contributed by atoms with Gasteiger partial charge in [-0.1, -0.05) is 36.4 Å². The number of alkyl halides is 3. The Hall–Kier alpha value is -3.28. The normalized spacial score (nSPS) is 11.1. The fourth-order valence-electron chi connectivity index (χ4n) is 2.51. The maximum atomic E-state index is 12.8. The number of hydrogen-bond acceptors (Lipinski definition) is 2. The van der Waals surface area contributed by atoms with Crippen LogP contribution in [0.4, 0.5) is 24.5 Å². The second-order valence-electron chi connectivity index (χ2n) is 5.95. The number of hydrogen-bond donors (Lipinski definition) is 2. The lowest BCUT2D eigenvalue weighted by atomic mass is 10.1. The minimum Gasteiger partial charge on any atom is -0.381 e. The molecule has 0 aliphatic rings. The van der Waals surface area contributed by atoms with Gasteiger partial charge in [0.25, 0.3) is 5.91 Å². The number of nitrogens with one attached hydrogen (secondary N) is 2. The molecular formula is C21H17F3N2O. The summed E-state index contributed by atoms with van der Waals surface area (Å²) in [6.45, 7) is 0.663. The van der Waals surface area contributed by atoms with Gasteiger partial charge in [-0.05, 0) is 48.0 Å². The Labute approximate surface area is 154 Å². The van der Waals surface area contributed by atoms with Crippen LogP contribution in [0.15, 0.2) is 78.9 Å². The molecule has 0 aromatic heterocycles. The van der Waals surface area contributed by atoms with E-state index in [-0.39, 0.29) is 5.56 Å². The van der Waals surface area contributed by atoms with Crippen LogP contribution in [0.25, 0.3) is 0 Å². The summed E-state index contributed by atoms with van der Waals surface area (Å²) in [5.74, 6) is -0.592. The van der Waals surface area contributed by atoms with E-state index in [1.807, 2.05) is 30.3 Å². The summed E-state index contributed by atoms with van der Waals surface area (Å²) < 4.78 is 38.3. The highest BCUT2D eigenvalue weighted by molar-refractivity contribution is 6.04. The summed E-state index contributed by atoms with van der Waals surface area (Å²) in [6.07, 6.45) is -4.48. The lowest BCUT2D eigenvalue weighted by molar-refractivity contribution is -0.137. The van der Waals surface area contributed by atoms with E-state index in [2.05, 4.69) is 10.6 Å². The number of amides is 1. The molecule has 0 heterocycles. The average Bonchev–Trinajstić information content (AvgIpc) is 2.68. The quantitative estimate of drug-likeness (QED) is 0.616. The number of carbonyl (C=O) groups is 1. The number of anilines is 2. The summed E-state index contributed by atoms with van der Waals surface area (Å²) in [5.41, 5.74) is 1.62. The van der Waals surface area contributed by atoms with Crippen LogP contribution in [0.3, 0.4) is 0 Å². The van der Waals surface area contributed by atoms with Gasteiger partial charge in [0.1, 0.15) is 0 Å². The van der Waals surface area contributed by atoms with Gasteiger partial charge < -0.3 is 10.6 Å². The number of benzene rings is 3. The van der Waals surface area contributed by atoms with Crippen molar-refractivity contribution in [2.45, 2.75) is 12.7 Å². The Morgan fingerprint density at radius 1 is 0.815 bits per heavy atom. The summed E-state index contributed by atoms with van der Waals surface area (Å²) >= 11 is 0. The predicted octanol–water partition coefficient (Wildman–Crippen LogP) is 5.57. The van der Waals surface area contributed by atoms with Gasteiger partial charge in [-0.2, -0.15) is 13.2 Å². The Bertz CT molecular complexity index is 907. The van der Waals surface area contributed by atoms with Crippen molar-refractivity contribution in [3.8, 4) is 0 Å². The van der Waals surface area contributed by atoms with Crippen molar-refractivity contribution < 1.29 is 18.0 Å². The number of carbonyl (C=O) groups excluding carboxylic acids is 1. The van der Waals surface area contributed by atoms with E-state index in [4.69, 9.17) is 0 Å². The third kappa shape index (κ3) is 5.10. The van der Waals surface area contributed by atoms with Crippen LogP contribution in [-0.2, 0) is 12.7 Å². The molecule has 3 aromatic rings. The highest BCUT2D eigenvalue weighted by Crippen LogP contribution is 2.29. The molecule has 3 nitrogen and oxygen atoms in total. The Kier molecular flexibility index (Phi) is 5.45. The van der Waals surface area contributed by atoms with Crippen molar-refractivity contribution >= 4 is 17.3 Å². The monoisotopic (exact) mass is 370 g/mol. The van der Waals surface area contributed by atoms with Gasteiger partial charge in [0.2, 0.25) is 0 Å². The van der Waals surface area contributed by atoms with E-state index in [1.54, 1.807) is 24.3 Å². The first-order chi connectivity index (χ1) is 12.9. The second kappa shape index (κ2) is 7.95. The Morgan fingerprint density at radius 3 is 2.15 bits per heavy atom. The van der Waals surface area contributed by atoms with Gasteiger partial charge in [-0.15, -0.1) is 0 Å². The molecule has 0 radical (unpaired) electrons. The maximum absolute atomic E-state index is 12.8. The first-order valence-electron chi connectivity index (χ1n) is 8.28. The third-order valence-corrected chi connectivity index (χ3v) is 3.93. The van der Waals surface area contributed by atoms with Gasteiger partial charge in [0.15, 0.2) is 0 Å². The van der Waals surface area contributed by atoms with Crippen LogP contribution in [0.5, 0.6) is 0 Å². The van der Waals surface area contributed by atoms with E-state index in [9.17, 15) is 18.0 Å². The summed E-state index contributed by atoms with van der Waals surface area (Å²) in [7, 11) is 0. The zero-order valence-electron chi connectivity index (χ0n) is 14.3. The van der Waals surface area contributed by atoms with Crippen LogP contribution >= 0.6 is 0 Å². The molecule has 0 saturated heterocycles. The fraction of sp³-hybridized carbons (Fsp3) is 0.0952. The van der Waals surface area contributed by atoms with Crippen LogP contribution in [0, 0.1) is 0 Å². The first kappa shape index (κ1) is 18.5. The van der Waals surface area contributed by atoms with Gasteiger partial charge in [-0.3, -0.25) is 4.79 Å². The molecule has 1 amide bonds.